The minimum atomic E-state index is -0.184. The number of hydrogen-bond acceptors (Lipinski definition) is 3. The van der Waals surface area contributed by atoms with Gasteiger partial charge < -0.3 is 10.6 Å². The van der Waals surface area contributed by atoms with Crippen molar-refractivity contribution in [2.45, 2.75) is 25.4 Å². The van der Waals surface area contributed by atoms with Crippen LogP contribution < -0.4 is 10.6 Å². The summed E-state index contributed by atoms with van der Waals surface area (Å²) in [5.41, 5.74) is 2.49. The average Bonchev–Trinajstić information content (AvgIpc) is 2.62. The van der Waals surface area contributed by atoms with Gasteiger partial charge in [-0.1, -0.05) is 35.9 Å². The maximum absolute atomic E-state index is 12.4. The molecule has 6 heteroatoms. The minimum absolute atomic E-state index is 0. The van der Waals surface area contributed by atoms with Gasteiger partial charge in [-0.15, -0.1) is 12.4 Å². The van der Waals surface area contributed by atoms with Crippen LogP contribution in [0.25, 0.3) is 0 Å². The van der Waals surface area contributed by atoms with Gasteiger partial charge in [-0.05, 0) is 56.3 Å². The van der Waals surface area contributed by atoms with Gasteiger partial charge in [-0.25, -0.2) is 0 Å². The van der Waals surface area contributed by atoms with Crippen molar-refractivity contribution >= 4 is 35.6 Å². The van der Waals surface area contributed by atoms with Crippen molar-refractivity contribution in [1.82, 2.24) is 10.2 Å². The molecule has 2 N–H and O–H groups in total. The van der Waals surface area contributed by atoms with Crippen molar-refractivity contribution in [1.29, 1.82) is 0 Å². The van der Waals surface area contributed by atoms with E-state index in [0.717, 1.165) is 25.3 Å². The van der Waals surface area contributed by atoms with Crippen LogP contribution in [0.15, 0.2) is 48.5 Å². The zero-order chi connectivity index (χ0) is 17.6. The summed E-state index contributed by atoms with van der Waals surface area (Å²) in [5, 5.41) is 6.77. The largest absolute Gasteiger partial charge is 0.322 e. The first kappa shape index (κ1) is 20.7. The van der Waals surface area contributed by atoms with Gasteiger partial charge in [0.05, 0.1) is 10.6 Å². The first-order chi connectivity index (χ1) is 12.2. The van der Waals surface area contributed by atoms with Crippen LogP contribution in [0.5, 0.6) is 0 Å². The molecule has 3 rings (SSSR count). The second-order valence-corrected chi connectivity index (χ2v) is 6.90. The highest BCUT2D eigenvalue weighted by molar-refractivity contribution is 6.34. The van der Waals surface area contributed by atoms with Crippen molar-refractivity contribution in [3.8, 4) is 0 Å². The molecule has 26 heavy (non-hydrogen) atoms. The fraction of sp³-hybridized carbons (Fsp3) is 0.350. The number of nitrogens with one attached hydrogen (secondary N) is 2. The van der Waals surface area contributed by atoms with Gasteiger partial charge in [0.1, 0.15) is 0 Å². The number of nitrogens with zero attached hydrogens (tertiary/aromatic N) is 1. The van der Waals surface area contributed by atoms with Crippen molar-refractivity contribution in [2.24, 2.45) is 0 Å². The fourth-order valence-corrected chi connectivity index (χ4v) is 3.51. The van der Waals surface area contributed by atoms with Crippen LogP contribution in [-0.2, 0) is 6.54 Å². The number of rotatable bonds is 5. The van der Waals surface area contributed by atoms with Gasteiger partial charge in [0.25, 0.3) is 5.91 Å². The van der Waals surface area contributed by atoms with Crippen LogP contribution in [0.1, 0.15) is 28.8 Å². The number of carbonyl (C=O) groups is 1. The summed E-state index contributed by atoms with van der Waals surface area (Å²) < 4.78 is 0. The molecule has 1 amide bonds. The summed E-state index contributed by atoms with van der Waals surface area (Å²) in [4.78, 5) is 14.9. The van der Waals surface area contributed by atoms with Crippen LogP contribution in [0, 0.1) is 0 Å². The predicted molar refractivity (Wildman–Crippen MR) is 110 cm³/mol. The van der Waals surface area contributed by atoms with Crippen LogP contribution >= 0.6 is 24.0 Å². The van der Waals surface area contributed by atoms with E-state index >= 15 is 0 Å². The first-order valence-corrected chi connectivity index (χ1v) is 9.08. The molecule has 0 spiro atoms. The van der Waals surface area contributed by atoms with Crippen LogP contribution in [-0.4, -0.2) is 37.0 Å². The standard InChI is InChI=1S/C20H24ClN3O.ClH/c1-22-17-8-5-11-24(14-17)13-15-6-4-7-16(12-15)23-20(25)18-9-2-3-10-19(18)21;/h2-4,6-7,9-10,12,17,22H,5,8,11,13-14H2,1H3,(H,23,25);1H. The third-order valence-corrected chi connectivity index (χ3v) is 4.95. The number of piperidine rings is 1. The topological polar surface area (TPSA) is 44.4 Å². The quantitative estimate of drug-likeness (QED) is 0.799. The van der Waals surface area contributed by atoms with E-state index in [4.69, 9.17) is 11.6 Å². The Kier molecular flexibility index (Phi) is 7.91. The van der Waals surface area contributed by atoms with Gasteiger partial charge in [0.2, 0.25) is 0 Å². The molecule has 1 fully saturated rings. The van der Waals surface area contributed by atoms with Gasteiger partial charge in [0.15, 0.2) is 0 Å². The van der Waals surface area contributed by atoms with Gasteiger partial charge in [-0.3, -0.25) is 9.69 Å². The third-order valence-electron chi connectivity index (χ3n) is 4.62. The predicted octanol–water partition coefficient (Wildman–Crippen LogP) is 4.20. The molecule has 0 saturated carbocycles. The molecule has 1 heterocycles. The summed E-state index contributed by atoms with van der Waals surface area (Å²) in [7, 11) is 2.03. The van der Waals surface area contributed by atoms with Crippen molar-refractivity contribution in [2.75, 3.05) is 25.5 Å². The zero-order valence-corrected chi connectivity index (χ0v) is 16.4. The van der Waals surface area contributed by atoms with Crippen LogP contribution in [0.2, 0.25) is 5.02 Å². The van der Waals surface area contributed by atoms with Gasteiger partial charge in [0, 0.05) is 24.8 Å². The molecule has 2 aromatic rings. The van der Waals surface area contributed by atoms with E-state index in [0.29, 0.717) is 16.6 Å². The van der Waals surface area contributed by atoms with E-state index < -0.39 is 0 Å². The minimum Gasteiger partial charge on any atom is -0.322 e. The molecule has 1 aliphatic rings. The molecule has 0 aromatic heterocycles. The summed E-state index contributed by atoms with van der Waals surface area (Å²) in [6.45, 7) is 3.08. The lowest BCUT2D eigenvalue weighted by atomic mass is 10.0. The number of halogens is 2. The van der Waals surface area contributed by atoms with Gasteiger partial charge >= 0.3 is 0 Å². The first-order valence-electron chi connectivity index (χ1n) is 8.70. The van der Waals surface area contributed by atoms with E-state index in [1.54, 1.807) is 12.1 Å². The summed E-state index contributed by atoms with van der Waals surface area (Å²) in [6, 6.07) is 15.7. The molecule has 4 nitrogen and oxygen atoms in total. The van der Waals surface area contributed by atoms with Gasteiger partial charge in [-0.2, -0.15) is 0 Å². The van der Waals surface area contributed by atoms with Crippen molar-refractivity contribution in [3.05, 3.63) is 64.7 Å². The molecule has 1 aliphatic heterocycles. The number of benzene rings is 2. The average molecular weight is 394 g/mol. The van der Waals surface area contributed by atoms with E-state index in [9.17, 15) is 4.79 Å². The number of carbonyl (C=O) groups excluding carboxylic acids is 1. The summed E-state index contributed by atoms with van der Waals surface area (Å²) in [6.07, 6.45) is 2.45. The third kappa shape index (κ3) is 5.45. The molecule has 0 bridgehead atoms. The number of hydrogen-bond donors (Lipinski definition) is 2. The SMILES string of the molecule is CNC1CCCN(Cc2cccc(NC(=O)c3ccccc3Cl)c2)C1.Cl. The monoisotopic (exact) mass is 393 g/mol. The Morgan fingerprint density at radius 3 is 2.81 bits per heavy atom. The van der Waals surface area contributed by atoms with E-state index in [-0.39, 0.29) is 18.3 Å². The lowest BCUT2D eigenvalue weighted by molar-refractivity contribution is 0.102. The number of likely N-dealkylation sites (N-methyl/N-ethyl adjacent to an activating group) is 1. The highest BCUT2D eigenvalue weighted by Crippen LogP contribution is 2.19. The Hall–Kier alpha value is -1.59. The smallest absolute Gasteiger partial charge is 0.257 e. The Morgan fingerprint density at radius 2 is 2.04 bits per heavy atom. The van der Waals surface area contributed by atoms with E-state index in [1.807, 2.05) is 37.4 Å². The molecule has 0 aliphatic carbocycles. The maximum atomic E-state index is 12.4. The lowest BCUT2D eigenvalue weighted by Crippen LogP contribution is -2.43. The lowest BCUT2D eigenvalue weighted by Gasteiger charge is -2.32. The Morgan fingerprint density at radius 1 is 1.23 bits per heavy atom. The van der Waals surface area contributed by atoms with E-state index in [2.05, 4.69) is 21.6 Å². The summed E-state index contributed by atoms with van der Waals surface area (Å²) >= 11 is 6.10. The Bertz CT molecular complexity index is 739. The normalized spacial score (nSPS) is 17.4. The second-order valence-electron chi connectivity index (χ2n) is 6.50. The summed E-state index contributed by atoms with van der Waals surface area (Å²) in [5.74, 6) is -0.184. The fourth-order valence-electron chi connectivity index (χ4n) is 3.28. The number of anilines is 1. The number of likely N-dealkylation sites (tertiary alicyclic amines) is 1. The van der Waals surface area contributed by atoms with Crippen molar-refractivity contribution < 1.29 is 4.79 Å². The highest BCUT2D eigenvalue weighted by Gasteiger charge is 2.18. The maximum Gasteiger partial charge on any atom is 0.257 e. The molecular formula is C20H25Cl2N3O. The molecule has 1 saturated heterocycles. The Balaban J connectivity index is 0.00000243. The van der Waals surface area contributed by atoms with Crippen molar-refractivity contribution in [3.63, 3.8) is 0 Å². The molecule has 140 valence electrons. The Labute approximate surface area is 166 Å². The molecule has 1 unspecified atom stereocenters. The zero-order valence-electron chi connectivity index (χ0n) is 14.9. The second kappa shape index (κ2) is 9.93. The van der Waals surface area contributed by atoms with Crippen LogP contribution in [0.3, 0.4) is 0 Å². The highest BCUT2D eigenvalue weighted by atomic mass is 35.5. The molecule has 2 aromatic carbocycles. The molecule has 0 radical (unpaired) electrons. The van der Waals surface area contributed by atoms with E-state index in [1.165, 1.54) is 18.4 Å². The molecular weight excluding hydrogens is 369 g/mol. The van der Waals surface area contributed by atoms with Crippen LogP contribution in [0.4, 0.5) is 5.69 Å². The number of amides is 1. The molecule has 1 atom stereocenters.